The summed E-state index contributed by atoms with van der Waals surface area (Å²) >= 11 is 5.65. The molecule has 1 heterocycles. The van der Waals surface area contributed by atoms with Gasteiger partial charge in [0.15, 0.2) is 0 Å². The van der Waals surface area contributed by atoms with Gasteiger partial charge < -0.3 is 10.6 Å². The second-order valence-corrected chi connectivity index (χ2v) is 3.80. The normalized spacial score (nSPS) is 9.89. The van der Waals surface area contributed by atoms with Gasteiger partial charge in [-0.1, -0.05) is 12.1 Å². The van der Waals surface area contributed by atoms with Gasteiger partial charge >= 0.3 is 0 Å². The van der Waals surface area contributed by atoms with Gasteiger partial charge in [0, 0.05) is 18.9 Å². The van der Waals surface area contributed by atoms with E-state index in [0.717, 1.165) is 5.69 Å². The maximum atomic E-state index is 12.1. The second kappa shape index (κ2) is 5.46. The topological polar surface area (TPSA) is 66.9 Å². The Morgan fingerprint density at radius 1 is 1.28 bits per heavy atom. The molecule has 0 spiro atoms. The van der Waals surface area contributed by atoms with Crippen molar-refractivity contribution in [1.82, 2.24) is 9.97 Å². The first kappa shape index (κ1) is 12.3. The van der Waals surface area contributed by atoms with Gasteiger partial charge in [-0.3, -0.25) is 4.79 Å². The quantitative estimate of drug-likeness (QED) is 0.834. The number of para-hydroxylation sites is 1. The van der Waals surface area contributed by atoms with Crippen molar-refractivity contribution in [3.63, 3.8) is 0 Å². The summed E-state index contributed by atoms with van der Waals surface area (Å²) in [4.78, 5) is 19.7. The number of aromatic nitrogens is 2. The zero-order chi connectivity index (χ0) is 13.0. The lowest BCUT2D eigenvalue weighted by Crippen LogP contribution is -2.14. The molecule has 0 saturated heterocycles. The fourth-order valence-corrected chi connectivity index (χ4v) is 1.63. The Morgan fingerprint density at radius 2 is 2.06 bits per heavy atom. The van der Waals surface area contributed by atoms with Crippen LogP contribution in [0.1, 0.15) is 10.4 Å². The third-order valence-corrected chi connectivity index (χ3v) is 2.49. The van der Waals surface area contributed by atoms with E-state index in [9.17, 15) is 4.79 Å². The SMILES string of the molecule is CNc1ccccc1C(=O)Nc1ccnc(Cl)n1. The van der Waals surface area contributed by atoms with Crippen molar-refractivity contribution in [3.05, 3.63) is 47.4 Å². The molecule has 6 heteroatoms. The Morgan fingerprint density at radius 3 is 2.78 bits per heavy atom. The van der Waals surface area contributed by atoms with Crippen LogP contribution in [-0.2, 0) is 0 Å². The number of rotatable bonds is 3. The molecule has 92 valence electrons. The molecule has 0 radical (unpaired) electrons. The number of hydrogen-bond acceptors (Lipinski definition) is 4. The van der Waals surface area contributed by atoms with Crippen molar-refractivity contribution >= 4 is 29.0 Å². The third-order valence-electron chi connectivity index (χ3n) is 2.31. The molecular formula is C12H11ClN4O. The molecular weight excluding hydrogens is 252 g/mol. The number of amides is 1. The first-order valence-electron chi connectivity index (χ1n) is 5.27. The number of nitrogens with one attached hydrogen (secondary N) is 2. The Kier molecular flexibility index (Phi) is 3.74. The van der Waals surface area contributed by atoms with Crippen LogP contribution in [-0.4, -0.2) is 22.9 Å². The molecule has 0 aliphatic heterocycles. The van der Waals surface area contributed by atoms with Crippen molar-refractivity contribution in [2.45, 2.75) is 0 Å². The Balaban J connectivity index is 2.22. The van der Waals surface area contributed by atoms with Crippen LogP contribution in [0.2, 0.25) is 5.28 Å². The van der Waals surface area contributed by atoms with Crippen molar-refractivity contribution in [2.75, 3.05) is 17.7 Å². The van der Waals surface area contributed by atoms with Gasteiger partial charge in [0.2, 0.25) is 5.28 Å². The highest BCUT2D eigenvalue weighted by Crippen LogP contribution is 2.16. The largest absolute Gasteiger partial charge is 0.387 e. The van der Waals surface area contributed by atoms with E-state index < -0.39 is 0 Å². The summed E-state index contributed by atoms with van der Waals surface area (Å²) < 4.78 is 0. The first-order chi connectivity index (χ1) is 8.70. The van der Waals surface area contributed by atoms with Gasteiger partial charge in [-0.2, -0.15) is 0 Å². The van der Waals surface area contributed by atoms with E-state index in [4.69, 9.17) is 11.6 Å². The lowest BCUT2D eigenvalue weighted by atomic mass is 10.1. The highest BCUT2D eigenvalue weighted by atomic mass is 35.5. The van der Waals surface area contributed by atoms with Crippen LogP contribution in [0.4, 0.5) is 11.5 Å². The highest BCUT2D eigenvalue weighted by Gasteiger charge is 2.10. The van der Waals surface area contributed by atoms with Crippen LogP contribution in [0.15, 0.2) is 36.5 Å². The number of benzene rings is 1. The molecule has 5 nitrogen and oxygen atoms in total. The van der Waals surface area contributed by atoms with E-state index in [0.29, 0.717) is 11.4 Å². The second-order valence-electron chi connectivity index (χ2n) is 3.46. The number of hydrogen-bond donors (Lipinski definition) is 2. The average Bonchev–Trinajstić information content (AvgIpc) is 2.38. The highest BCUT2D eigenvalue weighted by molar-refractivity contribution is 6.28. The van der Waals surface area contributed by atoms with Crippen molar-refractivity contribution < 1.29 is 4.79 Å². The van der Waals surface area contributed by atoms with Gasteiger partial charge in [-0.25, -0.2) is 9.97 Å². The van der Waals surface area contributed by atoms with Crippen LogP contribution in [0.25, 0.3) is 0 Å². The van der Waals surface area contributed by atoms with E-state index in [2.05, 4.69) is 20.6 Å². The first-order valence-corrected chi connectivity index (χ1v) is 5.65. The summed E-state index contributed by atoms with van der Waals surface area (Å²) in [5.41, 5.74) is 1.28. The fourth-order valence-electron chi connectivity index (χ4n) is 1.49. The molecule has 2 rings (SSSR count). The predicted molar refractivity (Wildman–Crippen MR) is 71.0 cm³/mol. The van der Waals surface area contributed by atoms with E-state index >= 15 is 0 Å². The number of halogens is 1. The molecule has 18 heavy (non-hydrogen) atoms. The maximum Gasteiger partial charge on any atom is 0.258 e. The molecule has 2 aromatic rings. The van der Waals surface area contributed by atoms with Crippen LogP contribution >= 0.6 is 11.6 Å². The van der Waals surface area contributed by atoms with Crippen molar-refractivity contribution in [3.8, 4) is 0 Å². The van der Waals surface area contributed by atoms with Crippen molar-refractivity contribution in [1.29, 1.82) is 0 Å². The molecule has 2 N–H and O–H groups in total. The predicted octanol–water partition coefficient (Wildman–Crippen LogP) is 2.42. The molecule has 0 bridgehead atoms. The fraction of sp³-hybridized carbons (Fsp3) is 0.0833. The molecule has 1 amide bonds. The van der Waals surface area contributed by atoms with Gasteiger partial charge in [-0.15, -0.1) is 0 Å². The van der Waals surface area contributed by atoms with Gasteiger partial charge in [0.1, 0.15) is 5.82 Å². The van der Waals surface area contributed by atoms with Crippen LogP contribution in [0.5, 0.6) is 0 Å². The zero-order valence-corrected chi connectivity index (χ0v) is 10.4. The minimum atomic E-state index is -0.255. The zero-order valence-electron chi connectivity index (χ0n) is 9.64. The minimum Gasteiger partial charge on any atom is -0.387 e. The lowest BCUT2D eigenvalue weighted by molar-refractivity contribution is 0.102. The number of carbonyl (C=O) groups excluding carboxylic acids is 1. The summed E-state index contributed by atoms with van der Waals surface area (Å²) in [5, 5.41) is 5.71. The molecule has 0 aliphatic carbocycles. The summed E-state index contributed by atoms with van der Waals surface area (Å²) in [7, 11) is 1.76. The summed E-state index contributed by atoms with van der Waals surface area (Å²) in [6, 6.07) is 8.77. The molecule has 1 aromatic carbocycles. The van der Waals surface area contributed by atoms with E-state index in [1.165, 1.54) is 6.20 Å². The summed E-state index contributed by atoms with van der Waals surface area (Å²) in [5.74, 6) is 0.112. The van der Waals surface area contributed by atoms with Crippen LogP contribution in [0, 0.1) is 0 Å². The number of nitrogens with zero attached hydrogens (tertiary/aromatic N) is 2. The Labute approximate surface area is 109 Å². The molecule has 0 atom stereocenters. The molecule has 0 unspecified atom stereocenters. The molecule has 0 fully saturated rings. The van der Waals surface area contributed by atoms with Crippen LogP contribution < -0.4 is 10.6 Å². The average molecular weight is 263 g/mol. The molecule has 0 aliphatic rings. The Bertz CT molecular complexity index is 574. The summed E-state index contributed by atoms with van der Waals surface area (Å²) in [6.45, 7) is 0. The lowest BCUT2D eigenvalue weighted by Gasteiger charge is -2.08. The minimum absolute atomic E-state index is 0.0923. The molecule has 1 aromatic heterocycles. The van der Waals surface area contributed by atoms with E-state index in [1.54, 1.807) is 25.2 Å². The van der Waals surface area contributed by atoms with Crippen LogP contribution in [0.3, 0.4) is 0 Å². The third kappa shape index (κ3) is 2.75. The standard InChI is InChI=1S/C12H11ClN4O/c1-14-9-5-3-2-4-8(9)11(18)16-10-6-7-15-12(13)17-10/h2-7,14H,1H3,(H,15,16,17,18). The molecule has 0 saturated carbocycles. The van der Waals surface area contributed by atoms with Gasteiger partial charge in [-0.05, 0) is 29.8 Å². The van der Waals surface area contributed by atoms with E-state index in [1.807, 2.05) is 12.1 Å². The summed E-state index contributed by atoms with van der Waals surface area (Å²) in [6.07, 6.45) is 1.48. The number of carbonyl (C=O) groups is 1. The monoisotopic (exact) mass is 262 g/mol. The van der Waals surface area contributed by atoms with E-state index in [-0.39, 0.29) is 11.2 Å². The maximum absolute atomic E-state index is 12.1. The van der Waals surface area contributed by atoms with Gasteiger partial charge in [0.25, 0.3) is 5.91 Å². The van der Waals surface area contributed by atoms with Gasteiger partial charge in [0.05, 0.1) is 5.56 Å². The number of anilines is 2. The smallest absolute Gasteiger partial charge is 0.258 e. The Hall–Kier alpha value is -2.14. The van der Waals surface area contributed by atoms with Crippen molar-refractivity contribution in [2.24, 2.45) is 0 Å².